The molecular formula is C6H11Cl2N3. The standard InChI is InChI=1S/C6H9N3.2ClH/c7-4-6-5(8)2-1-3-9-6;;/h1-3H,4,7-8H2;2*1H. The van der Waals surface area contributed by atoms with Crippen molar-refractivity contribution in [3.8, 4) is 0 Å². The topological polar surface area (TPSA) is 64.9 Å². The molecule has 0 saturated carbocycles. The first-order valence-electron chi connectivity index (χ1n) is 2.74. The summed E-state index contributed by atoms with van der Waals surface area (Å²) in [5.74, 6) is 0. The molecule has 0 fully saturated rings. The first kappa shape index (κ1) is 13.1. The molecule has 0 spiro atoms. The van der Waals surface area contributed by atoms with Gasteiger partial charge < -0.3 is 11.5 Å². The van der Waals surface area contributed by atoms with Gasteiger partial charge >= 0.3 is 0 Å². The van der Waals surface area contributed by atoms with Gasteiger partial charge in [-0.1, -0.05) is 0 Å². The van der Waals surface area contributed by atoms with E-state index in [0.717, 1.165) is 5.69 Å². The van der Waals surface area contributed by atoms with Crippen LogP contribution in [-0.2, 0) is 6.54 Å². The van der Waals surface area contributed by atoms with E-state index in [1.54, 1.807) is 18.3 Å². The van der Waals surface area contributed by atoms with Gasteiger partial charge in [0.25, 0.3) is 0 Å². The van der Waals surface area contributed by atoms with Crippen LogP contribution in [0, 0.1) is 0 Å². The minimum absolute atomic E-state index is 0. The van der Waals surface area contributed by atoms with E-state index in [1.165, 1.54) is 0 Å². The minimum Gasteiger partial charge on any atom is -0.397 e. The van der Waals surface area contributed by atoms with E-state index in [4.69, 9.17) is 11.5 Å². The maximum atomic E-state index is 5.49. The Morgan fingerprint density at radius 3 is 2.36 bits per heavy atom. The van der Waals surface area contributed by atoms with Gasteiger partial charge in [-0.15, -0.1) is 24.8 Å². The average Bonchev–Trinajstić information content (AvgIpc) is 1.89. The van der Waals surface area contributed by atoms with E-state index in [9.17, 15) is 0 Å². The van der Waals surface area contributed by atoms with Crippen molar-refractivity contribution in [3.63, 3.8) is 0 Å². The largest absolute Gasteiger partial charge is 0.397 e. The van der Waals surface area contributed by atoms with Gasteiger partial charge in [-0.25, -0.2) is 0 Å². The fraction of sp³-hybridized carbons (Fsp3) is 0.167. The van der Waals surface area contributed by atoms with E-state index in [-0.39, 0.29) is 24.8 Å². The molecule has 1 aromatic rings. The Morgan fingerprint density at radius 2 is 2.00 bits per heavy atom. The highest BCUT2D eigenvalue weighted by Gasteiger charge is 1.92. The minimum atomic E-state index is 0. The summed E-state index contributed by atoms with van der Waals surface area (Å²) in [5.41, 5.74) is 12.2. The molecule has 0 amide bonds. The second-order valence-electron chi connectivity index (χ2n) is 1.74. The summed E-state index contributed by atoms with van der Waals surface area (Å²) in [4.78, 5) is 3.95. The number of hydrogen-bond donors (Lipinski definition) is 2. The van der Waals surface area contributed by atoms with Crippen molar-refractivity contribution in [3.05, 3.63) is 24.0 Å². The zero-order chi connectivity index (χ0) is 6.69. The Bertz CT molecular complexity index is 205. The van der Waals surface area contributed by atoms with Crippen LogP contribution in [0.15, 0.2) is 18.3 Å². The molecule has 4 N–H and O–H groups in total. The number of rotatable bonds is 1. The summed E-state index contributed by atoms with van der Waals surface area (Å²) in [6.07, 6.45) is 1.68. The third kappa shape index (κ3) is 3.41. The van der Waals surface area contributed by atoms with Crippen molar-refractivity contribution in [1.82, 2.24) is 4.98 Å². The molecular weight excluding hydrogens is 185 g/mol. The smallest absolute Gasteiger partial charge is 0.0768 e. The summed E-state index contributed by atoms with van der Waals surface area (Å²) in [6.45, 7) is 0.409. The molecule has 1 rings (SSSR count). The van der Waals surface area contributed by atoms with Crippen LogP contribution in [0.2, 0.25) is 0 Å². The van der Waals surface area contributed by atoms with E-state index in [1.807, 2.05) is 0 Å². The monoisotopic (exact) mass is 195 g/mol. The van der Waals surface area contributed by atoms with Gasteiger partial charge in [0.05, 0.1) is 11.4 Å². The lowest BCUT2D eigenvalue weighted by Crippen LogP contribution is -2.03. The molecule has 0 unspecified atom stereocenters. The van der Waals surface area contributed by atoms with E-state index in [0.29, 0.717) is 12.2 Å². The van der Waals surface area contributed by atoms with Gasteiger partial charge in [0.15, 0.2) is 0 Å². The first-order valence-corrected chi connectivity index (χ1v) is 2.74. The number of pyridine rings is 1. The SMILES string of the molecule is Cl.Cl.NCc1ncccc1N. The molecule has 0 radical (unpaired) electrons. The van der Waals surface area contributed by atoms with Crippen molar-refractivity contribution >= 4 is 30.5 Å². The average molecular weight is 196 g/mol. The molecule has 1 aromatic heterocycles. The fourth-order valence-corrected chi connectivity index (χ4v) is 0.621. The molecule has 11 heavy (non-hydrogen) atoms. The van der Waals surface area contributed by atoms with E-state index in [2.05, 4.69) is 4.98 Å². The zero-order valence-corrected chi connectivity index (χ0v) is 7.49. The molecule has 0 saturated heterocycles. The van der Waals surface area contributed by atoms with Crippen LogP contribution in [0.1, 0.15) is 5.69 Å². The van der Waals surface area contributed by atoms with Crippen LogP contribution in [0.3, 0.4) is 0 Å². The molecule has 0 aliphatic heterocycles. The van der Waals surface area contributed by atoms with E-state index < -0.39 is 0 Å². The van der Waals surface area contributed by atoms with Gasteiger partial charge in [0.2, 0.25) is 0 Å². The van der Waals surface area contributed by atoms with Crippen molar-refractivity contribution in [1.29, 1.82) is 0 Å². The second kappa shape index (κ2) is 6.22. The highest BCUT2D eigenvalue weighted by atomic mass is 35.5. The Labute approximate surface area is 78.0 Å². The number of hydrogen-bond acceptors (Lipinski definition) is 3. The van der Waals surface area contributed by atoms with Crippen molar-refractivity contribution in [2.24, 2.45) is 5.73 Å². The summed E-state index contributed by atoms with van der Waals surface area (Å²) in [6, 6.07) is 3.57. The van der Waals surface area contributed by atoms with Crippen LogP contribution >= 0.6 is 24.8 Å². The van der Waals surface area contributed by atoms with Crippen LogP contribution in [0.5, 0.6) is 0 Å². The lowest BCUT2D eigenvalue weighted by molar-refractivity contribution is 0.996. The quantitative estimate of drug-likeness (QED) is 0.703. The molecule has 1 heterocycles. The fourth-order valence-electron chi connectivity index (χ4n) is 0.621. The van der Waals surface area contributed by atoms with Gasteiger partial charge in [-0.2, -0.15) is 0 Å². The number of anilines is 1. The third-order valence-corrected chi connectivity index (χ3v) is 1.12. The second-order valence-corrected chi connectivity index (χ2v) is 1.74. The van der Waals surface area contributed by atoms with Crippen molar-refractivity contribution in [2.45, 2.75) is 6.54 Å². The first-order chi connectivity index (χ1) is 4.34. The lowest BCUT2D eigenvalue weighted by Gasteiger charge is -1.97. The van der Waals surface area contributed by atoms with Crippen LogP contribution in [0.25, 0.3) is 0 Å². The number of nitrogens with zero attached hydrogens (tertiary/aromatic N) is 1. The Morgan fingerprint density at radius 1 is 1.36 bits per heavy atom. The molecule has 0 aromatic carbocycles. The maximum absolute atomic E-state index is 5.49. The lowest BCUT2D eigenvalue weighted by atomic mass is 10.3. The molecule has 0 aliphatic rings. The molecule has 64 valence electrons. The number of nitrogens with two attached hydrogens (primary N) is 2. The molecule has 0 bridgehead atoms. The number of nitrogen functional groups attached to an aromatic ring is 1. The third-order valence-electron chi connectivity index (χ3n) is 1.12. The van der Waals surface area contributed by atoms with Gasteiger partial charge in [0, 0.05) is 12.7 Å². The molecule has 0 atom stereocenters. The van der Waals surface area contributed by atoms with Crippen molar-refractivity contribution in [2.75, 3.05) is 5.73 Å². The summed E-state index contributed by atoms with van der Waals surface area (Å²) >= 11 is 0. The van der Waals surface area contributed by atoms with Crippen LogP contribution in [0.4, 0.5) is 5.69 Å². The zero-order valence-electron chi connectivity index (χ0n) is 5.86. The van der Waals surface area contributed by atoms with Crippen LogP contribution < -0.4 is 11.5 Å². The van der Waals surface area contributed by atoms with Gasteiger partial charge in [-0.3, -0.25) is 4.98 Å². The van der Waals surface area contributed by atoms with Gasteiger partial charge in [0.1, 0.15) is 0 Å². The Kier molecular flexibility index (Phi) is 7.41. The van der Waals surface area contributed by atoms with E-state index >= 15 is 0 Å². The van der Waals surface area contributed by atoms with Crippen LogP contribution in [-0.4, -0.2) is 4.98 Å². The Hall–Kier alpha value is -0.510. The maximum Gasteiger partial charge on any atom is 0.0768 e. The van der Waals surface area contributed by atoms with Gasteiger partial charge in [-0.05, 0) is 12.1 Å². The highest BCUT2D eigenvalue weighted by Crippen LogP contribution is 2.03. The molecule has 5 heteroatoms. The summed E-state index contributed by atoms with van der Waals surface area (Å²) < 4.78 is 0. The number of aromatic nitrogens is 1. The summed E-state index contributed by atoms with van der Waals surface area (Å²) in [5, 5.41) is 0. The molecule has 0 aliphatic carbocycles. The van der Waals surface area contributed by atoms with Crippen molar-refractivity contribution < 1.29 is 0 Å². The number of halogens is 2. The highest BCUT2D eigenvalue weighted by molar-refractivity contribution is 5.85. The normalized spacial score (nSPS) is 7.73. The predicted octanol–water partition coefficient (Wildman–Crippen LogP) is 0.966. The summed E-state index contributed by atoms with van der Waals surface area (Å²) in [7, 11) is 0. The molecule has 3 nitrogen and oxygen atoms in total. The predicted molar refractivity (Wildman–Crippen MR) is 51.0 cm³/mol. The Balaban J connectivity index is 0.